The zero-order valence-electron chi connectivity index (χ0n) is 9.60. The van der Waals surface area contributed by atoms with Crippen molar-refractivity contribution in [3.63, 3.8) is 0 Å². The molecule has 0 aromatic heterocycles. The monoisotopic (exact) mass is 232 g/mol. The van der Waals surface area contributed by atoms with Gasteiger partial charge in [-0.2, -0.15) is 0 Å². The van der Waals surface area contributed by atoms with E-state index in [1.165, 1.54) is 0 Å². The van der Waals surface area contributed by atoms with Crippen molar-refractivity contribution >= 4 is 11.6 Å². The van der Waals surface area contributed by atoms with Gasteiger partial charge in [0.05, 0.1) is 0 Å². The van der Waals surface area contributed by atoms with Crippen LogP contribution in [0, 0.1) is 5.92 Å². The summed E-state index contributed by atoms with van der Waals surface area (Å²) < 4.78 is 0. The lowest BCUT2D eigenvalue weighted by atomic mass is 9.97. The lowest BCUT2D eigenvalue weighted by Crippen LogP contribution is -2.34. The average molecular weight is 232 g/mol. The van der Waals surface area contributed by atoms with Crippen LogP contribution in [0.4, 0.5) is 5.69 Å². The summed E-state index contributed by atoms with van der Waals surface area (Å²) in [4.78, 5) is 13.7. The van der Waals surface area contributed by atoms with Gasteiger partial charge in [0.25, 0.3) is 0 Å². The first-order chi connectivity index (χ1) is 8.08. The SMILES string of the molecule is NC1(C2CC(=O)N(c3ccc(O)cc3)C2)CC1. The van der Waals surface area contributed by atoms with Crippen LogP contribution in [0.5, 0.6) is 5.75 Å². The standard InChI is InChI=1S/C13H16N2O2/c14-13(5-6-13)9-7-12(17)15(8-9)10-1-3-11(16)4-2-10/h1-4,9,16H,5-8,14H2. The van der Waals surface area contributed by atoms with Gasteiger partial charge in [-0.05, 0) is 37.1 Å². The summed E-state index contributed by atoms with van der Waals surface area (Å²) in [6.45, 7) is 0.708. The highest BCUT2D eigenvalue weighted by molar-refractivity contribution is 5.96. The van der Waals surface area contributed by atoms with Gasteiger partial charge in [-0.15, -0.1) is 0 Å². The summed E-state index contributed by atoms with van der Waals surface area (Å²) in [5.74, 6) is 0.635. The highest BCUT2D eigenvalue weighted by Crippen LogP contribution is 2.44. The molecule has 1 unspecified atom stereocenters. The zero-order valence-corrected chi connectivity index (χ0v) is 9.60. The van der Waals surface area contributed by atoms with Gasteiger partial charge in [-0.25, -0.2) is 0 Å². The number of amides is 1. The highest BCUT2D eigenvalue weighted by atomic mass is 16.3. The fourth-order valence-electron chi connectivity index (χ4n) is 2.53. The molecule has 1 aromatic rings. The van der Waals surface area contributed by atoms with Crippen molar-refractivity contribution in [3.8, 4) is 5.75 Å². The topological polar surface area (TPSA) is 66.6 Å². The van der Waals surface area contributed by atoms with E-state index < -0.39 is 0 Å². The Morgan fingerprint density at radius 3 is 2.53 bits per heavy atom. The number of benzene rings is 1. The maximum Gasteiger partial charge on any atom is 0.227 e. The first-order valence-electron chi connectivity index (χ1n) is 5.97. The molecular formula is C13H16N2O2. The minimum atomic E-state index is -0.0959. The molecule has 1 aliphatic heterocycles. The Morgan fingerprint density at radius 1 is 1.29 bits per heavy atom. The van der Waals surface area contributed by atoms with Crippen molar-refractivity contribution in [2.75, 3.05) is 11.4 Å². The van der Waals surface area contributed by atoms with Crippen molar-refractivity contribution in [3.05, 3.63) is 24.3 Å². The van der Waals surface area contributed by atoms with Gasteiger partial charge in [0, 0.05) is 30.1 Å². The number of anilines is 1. The molecule has 0 bridgehead atoms. The van der Waals surface area contributed by atoms with Gasteiger partial charge in [0.1, 0.15) is 5.75 Å². The molecular weight excluding hydrogens is 216 g/mol. The van der Waals surface area contributed by atoms with E-state index in [0.717, 1.165) is 18.5 Å². The number of hydrogen-bond acceptors (Lipinski definition) is 3. The van der Waals surface area contributed by atoms with Gasteiger partial charge in [-0.1, -0.05) is 0 Å². The van der Waals surface area contributed by atoms with E-state index >= 15 is 0 Å². The Hall–Kier alpha value is -1.55. The third-order valence-electron chi connectivity index (χ3n) is 3.93. The van der Waals surface area contributed by atoms with Crippen LogP contribution >= 0.6 is 0 Å². The summed E-state index contributed by atoms with van der Waals surface area (Å²) in [7, 11) is 0. The maximum absolute atomic E-state index is 12.0. The largest absolute Gasteiger partial charge is 0.508 e. The minimum absolute atomic E-state index is 0.0959. The summed E-state index contributed by atoms with van der Waals surface area (Å²) in [6, 6.07) is 6.74. The average Bonchev–Trinajstić information content (AvgIpc) is 2.93. The summed E-state index contributed by atoms with van der Waals surface area (Å²) in [6.07, 6.45) is 2.63. The molecule has 4 nitrogen and oxygen atoms in total. The first kappa shape index (κ1) is 10.6. The molecule has 1 aromatic carbocycles. The number of nitrogens with two attached hydrogens (primary N) is 1. The van der Waals surface area contributed by atoms with Crippen LogP contribution in [-0.4, -0.2) is 23.1 Å². The van der Waals surface area contributed by atoms with Gasteiger partial charge in [0.2, 0.25) is 5.91 Å². The van der Waals surface area contributed by atoms with Crippen LogP contribution < -0.4 is 10.6 Å². The molecule has 2 aliphatic rings. The summed E-state index contributed by atoms with van der Waals surface area (Å²) in [5.41, 5.74) is 6.91. The number of hydrogen-bond donors (Lipinski definition) is 2. The lowest BCUT2D eigenvalue weighted by molar-refractivity contribution is -0.117. The van der Waals surface area contributed by atoms with Crippen LogP contribution in [0.3, 0.4) is 0 Å². The first-order valence-corrected chi connectivity index (χ1v) is 5.97. The molecule has 4 heteroatoms. The normalized spacial score (nSPS) is 26.3. The second kappa shape index (κ2) is 3.47. The predicted octanol–water partition coefficient (Wildman–Crippen LogP) is 1.24. The van der Waals surface area contributed by atoms with E-state index in [-0.39, 0.29) is 23.1 Å². The molecule has 90 valence electrons. The van der Waals surface area contributed by atoms with E-state index in [9.17, 15) is 9.90 Å². The van der Waals surface area contributed by atoms with Crippen molar-refractivity contribution in [2.24, 2.45) is 11.7 Å². The maximum atomic E-state index is 12.0. The van der Waals surface area contributed by atoms with Crippen molar-refractivity contribution in [2.45, 2.75) is 24.8 Å². The number of carbonyl (C=O) groups excluding carboxylic acids is 1. The fourth-order valence-corrected chi connectivity index (χ4v) is 2.53. The van der Waals surface area contributed by atoms with E-state index in [4.69, 9.17) is 5.73 Å². The molecule has 1 atom stereocenters. The number of nitrogens with zero attached hydrogens (tertiary/aromatic N) is 1. The highest BCUT2D eigenvalue weighted by Gasteiger charge is 2.50. The molecule has 1 saturated heterocycles. The number of rotatable bonds is 2. The Bertz CT molecular complexity index is 451. The quantitative estimate of drug-likeness (QED) is 0.806. The molecule has 0 spiro atoms. The van der Waals surface area contributed by atoms with E-state index in [1.807, 2.05) is 0 Å². The van der Waals surface area contributed by atoms with Gasteiger partial charge in [-0.3, -0.25) is 4.79 Å². The van der Waals surface area contributed by atoms with Crippen LogP contribution in [0.2, 0.25) is 0 Å². The third kappa shape index (κ3) is 1.78. The smallest absolute Gasteiger partial charge is 0.227 e. The Labute approximate surface area is 100 Å². The molecule has 1 aliphatic carbocycles. The van der Waals surface area contributed by atoms with Crippen LogP contribution in [0.25, 0.3) is 0 Å². The summed E-state index contributed by atoms with van der Waals surface area (Å²) in [5, 5.41) is 9.23. The van der Waals surface area contributed by atoms with Crippen LogP contribution in [0.1, 0.15) is 19.3 Å². The fraction of sp³-hybridized carbons (Fsp3) is 0.462. The molecule has 17 heavy (non-hydrogen) atoms. The van der Waals surface area contributed by atoms with Gasteiger partial charge < -0.3 is 15.7 Å². The molecule has 1 heterocycles. The van der Waals surface area contributed by atoms with Crippen molar-refractivity contribution < 1.29 is 9.90 Å². The number of phenolic OH excluding ortho intramolecular Hbond substituents is 1. The number of phenols is 1. The second-order valence-electron chi connectivity index (χ2n) is 5.15. The number of aromatic hydroxyl groups is 1. The Morgan fingerprint density at radius 2 is 1.94 bits per heavy atom. The lowest BCUT2D eigenvalue weighted by Gasteiger charge is -2.19. The summed E-state index contributed by atoms with van der Waals surface area (Å²) >= 11 is 0. The molecule has 1 saturated carbocycles. The Kier molecular flexibility index (Phi) is 2.16. The van der Waals surface area contributed by atoms with Gasteiger partial charge in [0.15, 0.2) is 0 Å². The van der Waals surface area contributed by atoms with Crippen molar-refractivity contribution in [1.82, 2.24) is 0 Å². The number of carbonyl (C=O) groups is 1. The van der Waals surface area contributed by atoms with Crippen molar-refractivity contribution in [1.29, 1.82) is 0 Å². The second-order valence-corrected chi connectivity index (χ2v) is 5.15. The van der Waals surface area contributed by atoms with Gasteiger partial charge >= 0.3 is 0 Å². The molecule has 0 radical (unpaired) electrons. The van der Waals surface area contributed by atoms with E-state index in [0.29, 0.717) is 13.0 Å². The van der Waals surface area contributed by atoms with Crippen LogP contribution in [0.15, 0.2) is 24.3 Å². The molecule has 3 N–H and O–H groups in total. The van der Waals surface area contributed by atoms with E-state index in [2.05, 4.69) is 0 Å². The minimum Gasteiger partial charge on any atom is -0.508 e. The Balaban J connectivity index is 1.80. The van der Waals surface area contributed by atoms with Crippen LogP contribution in [-0.2, 0) is 4.79 Å². The molecule has 2 fully saturated rings. The molecule has 1 amide bonds. The van der Waals surface area contributed by atoms with E-state index in [1.54, 1.807) is 29.2 Å². The predicted molar refractivity (Wildman–Crippen MR) is 64.7 cm³/mol. The molecule has 3 rings (SSSR count). The zero-order chi connectivity index (χ0) is 12.0. The third-order valence-corrected chi connectivity index (χ3v) is 3.93.